The van der Waals surface area contributed by atoms with Gasteiger partial charge in [-0.2, -0.15) is 0 Å². The van der Waals surface area contributed by atoms with E-state index in [1.165, 1.54) is 18.9 Å². The molecule has 1 aliphatic carbocycles. The average molecular weight is 492 g/mol. The molecule has 2 fully saturated rings. The number of nitro groups is 1. The van der Waals surface area contributed by atoms with Crippen LogP contribution in [0.4, 0.5) is 5.69 Å². The molecule has 0 amide bonds. The molecule has 35 heavy (non-hydrogen) atoms. The summed E-state index contributed by atoms with van der Waals surface area (Å²) in [6.07, 6.45) is 6.45. The molecule has 1 saturated heterocycles. The van der Waals surface area contributed by atoms with Gasteiger partial charge in [0.15, 0.2) is 5.11 Å². The molecule has 0 radical (unpaired) electrons. The fourth-order valence-corrected chi connectivity index (χ4v) is 6.09. The molecule has 8 nitrogen and oxygen atoms in total. The van der Waals surface area contributed by atoms with E-state index in [0.29, 0.717) is 17.5 Å². The largest absolute Gasteiger partial charge is 0.495 e. The molecule has 3 aromatic rings. The number of hydrogen-bond donors (Lipinski definition) is 1. The summed E-state index contributed by atoms with van der Waals surface area (Å²) in [5, 5.41) is 15.8. The van der Waals surface area contributed by atoms with Crippen molar-refractivity contribution in [1.82, 2.24) is 19.8 Å². The number of benzene rings is 1. The van der Waals surface area contributed by atoms with Crippen LogP contribution in [0, 0.1) is 24.0 Å². The summed E-state index contributed by atoms with van der Waals surface area (Å²) in [6.45, 7) is 4.08. The molecule has 5 rings (SSSR count). The minimum absolute atomic E-state index is 0.0255. The Bertz CT molecular complexity index is 1270. The van der Waals surface area contributed by atoms with E-state index in [0.717, 1.165) is 40.6 Å². The highest BCUT2D eigenvalue weighted by Gasteiger charge is 2.44. The van der Waals surface area contributed by atoms with Crippen LogP contribution in [0.1, 0.15) is 60.4 Å². The van der Waals surface area contributed by atoms with Crippen molar-refractivity contribution in [3.05, 3.63) is 81.4 Å². The normalized spacial score (nSPS) is 20.3. The van der Waals surface area contributed by atoms with Gasteiger partial charge in [0.1, 0.15) is 5.75 Å². The van der Waals surface area contributed by atoms with Gasteiger partial charge in [-0.15, -0.1) is 0 Å². The van der Waals surface area contributed by atoms with E-state index in [1.54, 1.807) is 19.2 Å². The van der Waals surface area contributed by atoms with E-state index >= 15 is 0 Å². The van der Waals surface area contributed by atoms with Crippen LogP contribution in [0.2, 0.25) is 0 Å². The number of aromatic nitrogens is 2. The molecule has 3 heterocycles. The van der Waals surface area contributed by atoms with Crippen LogP contribution in [-0.2, 0) is 0 Å². The molecule has 1 N–H and O–H groups in total. The number of pyridine rings is 1. The number of hydrogen-bond acceptors (Lipinski definition) is 5. The van der Waals surface area contributed by atoms with E-state index in [4.69, 9.17) is 17.0 Å². The fraction of sp³-hybridized carbons (Fsp3) is 0.385. The first kappa shape index (κ1) is 23.3. The van der Waals surface area contributed by atoms with Crippen molar-refractivity contribution in [2.24, 2.45) is 0 Å². The number of nitrogens with one attached hydrogen (secondary N) is 1. The van der Waals surface area contributed by atoms with Gasteiger partial charge in [-0.25, -0.2) is 0 Å². The van der Waals surface area contributed by atoms with Crippen molar-refractivity contribution < 1.29 is 9.66 Å². The number of rotatable bonds is 6. The van der Waals surface area contributed by atoms with Gasteiger partial charge in [0, 0.05) is 35.8 Å². The summed E-state index contributed by atoms with van der Waals surface area (Å²) in [4.78, 5) is 18.2. The maximum atomic E-state index is 11.5. The molecule has 1 saturated carbocycles. The van der Waals surface area contributed by atoms with Crippen molar-refractivity contribution in [1.29, 1.82) is 0 Å². The second kappa shape index (κ2) is 9.30. The highest BCUT2D eigenvalue weighted by Crippen LogP contribution is 2.45. The third-order valence-corrected chi connectivity index (χ3v) is 7.59. The molecule has 2 aliphatic rings. The molecule has 0 bridgehead atoms. The van der Waals surface area contributed by atoms with Crippen molar-refractivity contribution in [3.63, 3.8) is 0 Å². The molecule has 2 aromatic heterocycles. The highest BCUT2D eigenvalue weighted by atomic mass is 32.1. The zero-order valence-corrected chi connectivity index (χ0v) is 20.9. The standard InChI is InChI=1S/C26H29N5O3S/c1-16-14-20(17(2)29(16)22-15-19(31(32)33)11-12-23(22)34-3)25-24(21-10-6-7-13-27-21)28-26(35)30(25)18-8-4-5-9-18/h6-7,10-15,18,24-25H,4-5,8-9H2,1-3H3,(H,28,35)/t24-,25+/m1/s1. The SMILES string of the molecule is COc1ccc([N+](=O)[O-])cc1-n1c(C)cc([C@H]2[C@@H](c3ccccn3)NC(=S)N2C2CCCC2)c1C. The van der Waals surface area contributed by atoms with Gasteiger partial charge in [0.2, 0.25) is 0 Å². The van der Waals surface area contributed by atoms with Crippen LogP contribution < -0.4 is 10.1 Å². The van der Waals surface area contributed by atoms with Gasteiger partial charge in [0.25, 0.3) is 5.69 Å². The topological polar surface area (TPSA) is 85.5 Å². The van der Waals surface area contributed by atoms with Crippen LogP contribution in [-0.4, -0.2) is 37.6 Å². The maximum absolute atomic E-state index is 11.5. The van der Waals surface area contributed by atoms with E-state index in [2.05, 4.69) is 28.2 Å². The Hall–Kier alpha value is -3.46. The molecule has 0 unspecified atom stereocenters. The van der Waals surface area contributed by atoms with Gasteiger partial charge in [-0.3, -0.25) is 15.1 Å². The number of nitro benzene ring substituents is 1. The molecular formula is C26H29N5O3S. The number of aryl methyl sites for hydroxylation is 1. The lowest BCUT2D eigenvalue weighted by Gasteiger charge is -2.33. The summed E-state index contributed by atoms with van der Waals surface area (Å²) in [7, 11) is 1.58. The van der Waals surface area contributed by atoms with Gasteiger partial charge >= 0.3 is 0 Å². The van der Waals surface area contributed by atoms with Gasteiger partial charge in [-0.05, 0) is 68.7 Å². The Morgan fingerprint density at radius 3 is 2.60 bits per heavy atom. The monoisotopic (exact) mass is 491 g/mol. The number of ether oxygens (including phenoxy) is 1. The smallest absolute Gasteiger partial charge is 0.271 e. The van der Waals surface area contributed by atoms with Crippen LogP contribution in [0.3, 0.4) is 0 Å². The summed E-state index contributed by atoms with van der Waals surface area (Å²) < 4.78 is 7.64. The molecule has 0 spiro atoms. The number of thiocarbonyl (C=S) groups is 1. The minimum atomic E-state index is -0.379. The molecule has 1 aliphatic heterocycles. The van der Waals surface area contributed by atoms with Crippen LogP contribution in [0.15, 0.2) is 48.7 Å². The Labute approximate surface area is 210 Å². The Morgan fingerprint density at radius 1 is 1.17 bits per heavy atom. The van der Waals surface area contributed by atoms with Crippen molar-refractivity contribution in [3.8, 4) is 11.4 Å². The summed E-state index contributed by atoms with van der Waals surface area (Å²) in [6, 6.07) is 13.1. The van der Waals surface area contributed by atoms with E-state index in [-0.39, 0.29) is 22.7 Å². The first-order valence-corrected chi connectivity index (χ1v) is 12.3. The van der Waals surface area contributed by atoms with Gasteiger partial charge in [0.05, 0.1) is 35.5 Å². The predicted molar refractivity (Wildman–Crippen MR) is 138 cm³/mol. The molecule has 182 valence electrons. The fourth-order valence-electron chi connectivity index (χ4n) is 5.70. The summed E-state index contributed by atoms with van der Waals surface area (Å²) >= 11 is 5.88. The van der Waals surface area contributed by atoms with E-state index in [1.807, 2.05) is 35.9 Å². The van der Waals surface area contributed by atoms with Crippen LogP contribution in [0.5, 0.6) is 5.75 Å². The van der Waals surface area contributed by atoms with Gasteiger partial charge < -0.3 is 19.5 Å². The zero-order chi connectivity index (χ0) is 24.7. The Morgan fingerprint density at radius 2 is 1.94 bits per heavy atom. The quantitative estimate of drug-likeness (QED) is 0.284. The maximum Gasteiger partial charge on any atom is 0.271 e. The molecule has 1 aromatic carbocycles. The second-order valence-electron chi connectivity index (χ2n) is 9.25. The number of non-ortho nitro benzene ring substituents is 1. The lowest BCUT2D eigenvalue weighted by Crippen LogP contribution is -2.37. The molecular weight excluding hydrogens is 462 g/mol. The molecule has 9 heteroatoms. The molecule has 2 atom stereocenters. The average Bonchev–Trinajstić information content (AvgIpc) is 3.57. The van der Waals surface area contributed by atoms with E-state index in [9.17, 15) is 10.1 Å². The van der Waals surface area contributed by atoms with Crippen molar-refractivity contribution in [2.75, 3.05) is 7.11 Å². The van der Waals surface area contributed by atoms with Crippen LogP contribution in [0.25, 0.3) is 5.69 Å². The Kier molecular flexibility index (Phi) is 6.19. The number of nitrogens with zero attached hydrogens (tertiary/aromatic N) is 4. The van der Waals surface area contributed by atoms with E-state index < -0.39 is 0 Å². The van der Waals surface area contributed by atoms with Crippen molar-refractivity contribution >= 4 is 23.0 Å². The predicted octanol–water partition coefficient (Wildman–Crippen LogP) is 5.32. The minimum Gasteiger partial charge on any atom is -0.495 e. The lowest BCUT2D eigenvalue weighted by molar-refractivity contribution is -0.384. The highest BCUT2D eigenvalue weighted by molar-refractivity contribution is 7.80. The number of methoxy groups -OCH3 is 1. The third-order valence-electron chi connectivity index (χ3n) is 7.26. The summed E-state index contributed by atoms with van der Waals surface area (Å²) in [5.74, 6) is 0.581. The first-order valence-electron chi connectivity index (χ1n) is 11.9. The first-order chi connectivity index (χ1) is 16.9. The van der Waals surface area contributed by atoms with Crippen LogP contribution >= 0.6 is 12.2 Å². The van der Waals surface area contributed by atoms with Crippen molar-refractivity contribution in [2.45, 2.75) is 57.7 Å². The Balaban J connectivity index is 1.66. The second-order valence-corrected chi connectivity index (χ2v) is 9.63. The van der Waals surface area contributed by atoms with Gasteiger partial charge in [-0.1, -0.05) is 18.9 Å². The summed E-state index contributed by atoms with van der Waals surface area (Å²) in [5.41, 5.74) is 4.72. The third kappa shape index (κ3) is 4.03. The zero-order valence-electron chi connectivity index (χ0n) is 20.1. The lowest BCUT2D eigenvalue weighted by atomic mass is 9.95.